The Morgan fingerprint density at radius 3 is 2.30 bits per heavy atom. The van der Waals surface area contributed by atoms with Gasteiger partial charge in [-0.2, -0.15) is 13.2 Å². The topological polar surface area (TPSA) is 78.9 Å². The molecular weight excluding hydrogens is 531 g/mol. The fourth-order valence-electron chi connectivity index (χ4n) is 4.24. The second-order valence-electron chi connectivity index (χ2n) is 8.70. The van der Waals surface area contributed by atoms with Crippen molar-refractivity contribution in [1.29, 1.82) is 0 Å². The summed E-state index contributed by atoms with van der Waals surface area (Å²) < 4.78 is 43.8. The number of benzene rings is 1. The summed E-state index contributed by atoms with van der Waals surface area (Å²) >= 11 is 7.28. The first-order chi connectivity index (χ1) is 17.7. The molecule has 2 saturated heterocycles. The highest BCUT2D eigenvalue weighted by Crippen LogP contribution is 2.34. The minimum Gasteiger partial charge on any atom is -0.438 e. The zero-order valence-electron chi connectivity index (χ0n) is 19.3. The number of aromatic nitrogens is 2. The van der Waals surface area contributed by atoms with Crippen molar-refractivity contribution < 1.29 is 27.5 Å². The van der Waals surface area contributed by atoms with Gasteiger partial charge in [-0.25, -0.2) is 9.97 Å². The SMILES string of the molecule is O=C(c1ccc(Oc2ncc(C(F)(F)F)cc2Cl)cc1)N1CC(N2CCN(C(=O)c3cscn3)CC2)C1. The molecule has 194 valence electrons. The summed E-state index contributed by atoms with van der Waals surface area (Å²) in [6, 6.07) is 7.26. The average Bonchev–Trinajstić information content (AvgIpc) is 3.39. The van der Waals surface area contributed by atoms with Crippen molar-refractivity contribution in [3.8, 4) is 11.6 Å². The van der Waals surface area contributed by atoms with E-state index in [1.54, 1.807) is 40.1 Å². The van der Waals surface area contributed by atoms with Gasteiger partial charge in [-0.15, -0.1) is 11.3 Å². The first-order valence-corrected chi connectivity index (χ1v) is 12.7. The van der Waals surface area contributed by atoms with E-state index in [-0.39, 0.29) is 34.5 Å². The Morgan fingerprint density at radius 2 is 1.70 bits per heavy atom. The Balaban J connectivity index is 1.11. The third-order valence-corrected chi connectivity index (χ3v) is 7.23. The van der Waals surface area contributed by atoms with Gasteiger partial charge in [0.15, 0.2) is 0 Å². The van der Waals surface area contributed by atoms with Crippen molar-refractivity contribution in [3.63, 3.8) is 0 Å². The van der Waals surface area contributed by atoms with Crippen molar-refractivity contribution in [2.75, 3.05) is 39.3 Å². The van der Waals surface area contributed by atoms with Crippen LogP contribution >= 0.6 is 22.9 Å². The number of hydrogen-bond acceptors (Lipinski definition) is 7. The minimum atomic E-state index is -4.55. The van der Waals surface area contributed by atoms with E-state index in [9.17, 15) is 22.8 Å². The summed E-state index contributed by atoms with van der Waals surface area (Å²) in [5, 5.41) is 1.48. The number of nitrogens with zero attached hydrogens (tertiary/aromatic N) is 5. The molecule has 37 heavy (non-hydrogen) atoms. The van der Waals surface area contributed by atoms with Crippen LogP contribution < -0.4 is 4.74 Å². The zero-order valence-corrected chi connectivity index (χ0v) is 20.9. The van der Waals surface area contributed by atoms with Gasteiger partial charge in [-0.1, -0.05) is 11.6 Å². The predicted molar refractivity (Wildman–Crippen MR) is 130 cm³/mol. The molecule has 0 N–H and O–H groups in total. The van der Waals surface area contributed by atoms with Gasteiger partial charge in [0.1, 0.15) is 16.5 Å². The molecule has 0 saturated carbocycles. The molecule has 0 aliphatic carbocycles. The van der Waals surface area contributed by atoms with Gasteiger partial charge in [0, 0.05) is 62.5 Å². The van der Waals surface area contributed by atoms with Gasteiger partial charge >= 0.3 is 6.18 Å². The number of rotatable bonds is 5. The van der Waals surface area contributed by atoms with Crippen LogP contribution in [-0.4, -0.2) is 81.8 Å². The van der Waals surface area contributed by atoms with Crippen LogP contribution in [0.15, 0.2) is 47.4 Å². The molecule has 2 aliphatic heterocycles. The summed E-state index contributed by atoms with van der Waals surface area (Å²) in [6.07, 6.45) is -3.90. The van der Waals surface area contributed by atoms with Gasteiger partial charge in [0.05, 0.1) is 11.1 Å². The maximum atomic E-state index is 12.9. The number of hydrogen-bond donors (Lipinski definition) is 0. The molecule has 0 radical (unpaired) electrons. The third-order valence-electron chi connectivity index (χ3n) is 6.37. The molecule has 5 rings (SSSR count). The van der Waals surface area contributed by atoms with Gasteiger partial charge in [-0.05, 0) is 30.3 Å². The van der Waals surface area contributed by atoms with Crippen LogP contribution in [0.1, 0.15) is 26.4 Å². The van der Waals surface area contributed by atoms with E-state index in [4.69, 9.17) is 16.3 Å². The Hall–Kier alpha value is -3.22. The normalized spacial score (nSPS) is 17.0. The summed E-state index contributed by atoms with van der Waals surface area (Å²) in [7, 11) is 0. The number of amides is 2. The van der Waals surface area contributed by atoms with Crippen LogP contribution in [-0.2, 0) is 6.18 Å². The van der Waals surface area contributed by atoms with E-state index in [0.29, 0.717) is 43.6 Å². The number of ether oxygens (including phenoxy) is 1. The lowest BCUT2D eigenvalue weighted by Gasteiger charge is -2.48. The lowest BCUT2D eigenvalue weighted by molar-refractivity contribution is -0.137. The molecule has 3 aromatic rings. The monoisotopic (exact) mass is 551 g/mol. The summed E-state index contributed by atoms with van der Waals surface area (Å²) in [4.78, 5) is 38.9. The number of pyridine rings is 1. The van der Waals surface area contributed by atoms with Crippen LogP contribution in [0.25, 0.3) is 0 Å². The second kappa shape index (κ2) is 10.3. The lowest BCUT2D eigenvalue weighted by atomic mass is 10.0. The number of halogens is 4. The maximum Gasteiger partial charge on any atom is 0.417 e. The molecule has 0 atom stereocenters. The highest BCUT2D eigenvalue weighted by molar-refractivity contribution is 7.07. The Labute approximate surface area is 219 Å². The number of piperazine rings is 1. The molecular formula is C24H21ClF3N5O3S. The van der Waals surface area contributed by atoms with Crippen LogP contribution in [0.5, 0.6) is 11.6 Å². The van der Waals surface area contributed by atoms with E-state index >= 15 is 0 Å². The van der Waals surface area contributed by atoms with Crippen molar-refractivity contribution in [2.45, 2.75) is 12.2 Å². The molecule has 0 bridgehead atoms. The summed E-state index contributed by atoms with van der Waals surface area (Å²) in [5.41, 5.74) is 1.63. The second-order valence-corrected chi connectivity index (χ2v) is 9.83. The Kier molecular flexibility index (Phi) is 7.06. The van der Waals surface area contributed by atoms with Gasteiger partial charge in [-0.3, -0.25) is 14.5 Å². The fourth-order valence-corrected chi connectivity index (χ4v) is 4.97. The molecule has 2 aliphatic rings. The first-order valence-electron chi connectivity index (χ1n) is 11.4. The van der Waals surface area contributed by atoms with E-state index in [1.165, 1.54) is 11.3 Å². The molecule has 4 heterocycles. The number of thiazole rings is 1. The standard InChI is InChI=1S/C24H21ClF3N5O3S/c25-19-9-16(24(26,27)28)10-29-21(19)36-18-3-1-15(2-4-18)22(34)33-11-17(12-33)31-5-7-32(8-6-31)23(35)20-13-37-14-30-20/h1-4,9-10,13-14,17H,5-8,11-12H2. The quantitative estimate of drug-likeness (QED) is 0.471. The van der Waals surface area contributed by atoms with Gasteiger partial charge in [0.2, 0.25) is 5.88 Å². The lowest BCUT2D eigenvalue weighted by Crippen LogP contribution is -2.64. The number of carbonyl (C=O) groups is 2. The molecule has 8 nitrogen and oxygen atoms in total. The zero-order chi connectivity index (χ0) is 26.2. The van der Waals surface area contributed by atoms with E-state index in [2.05, 4.69) is 14.9 Å². The Morgan fingerprint density at radius 1 is 1.00 bits per heavy atom. The van der Waals surface area contributed by atoms with Crippen molar-refractivity contribution in [3.05, 3.63) is 69.3 Å². The number of carbonyl (C=O) groups excluding carboxylic acids is 2. The van der Waals surface area contributed by atoms with Crippen molar-refractivity contribution in [1.82, 2.24) is 24.7 Å². The molecule has 13 heteroatoms. The summed E-state index contributed by atoms with van der Waals surface area (Å²) in [5.74, 6) is -0.0362. The Bertz CT molecular complexity index is 1280. The van der Waals surface area contributed by atoms with Gasteiger partial charge < -0.3 is 14.5 Å². The van der Waals surface area contributed by atoms with Crippen LogP contribution in [0.3, 0.4) is 0 Å². The van der Waals surface area contributed by atoms with Gasteiger partial charge in [0.25, 0.3) is 11.8 Å². The van der Waals surface area contributed by atoms with Crippen LogP contribution in [0.4, 0.5) is 13.2 Å². The van der Waals surface area contributed by atoms with Crippen LogP contribution in [0.2, 0.25) is 5.02 Å². The molecule has 2 amide bonds. The largest absolute Gasteiger partial charge is 0.438 e. The fraction of sp³-hybridized carbons (Fsp3) is 0.333. The molecule has 1 aromatic carbocycles. The highest BCUT2D eigenvalue weighted by Gasteiger charge is 2.37. The molecule has 2 aromatic heterocycles. The molecule has 2 fully saturated rings. The third kappa shape index (κ3) is 5.55. The first kappa shape index (κ1) is 25.4. The summed E-state index contributed by atoms with van der Waals surface area (Å²) in [6.45, 7) is 3.94. The highest BCUT2D eigenvalue weighted by atomic mass is 35.5. The van der Waals surface area contributed by atoms with Crippen molar-refractivity contribution in [2.24, 2.45) is 0 Å². The predicted octanol–water partition coefficient (Wildman–Crippen LogP) is 4.29. The molecule has 0 unspecified atom stereocenters. The number of likely N-dealkylation sites (tertiary alicyclic amines) is 1. The number of alkyl halides is 3. The van der Waals surface area contributed by atoms with Crippen molar-refractivity contribution >= 4 is 34.8 Å². The maximum absolute atomic E-state index is 12.9. The van der Waals surface area contributed by atoms with E-state index in [1.807, 2.05) is 4.90 Å². The molecule has 0 spiro atoms. The minimum absolute atomic E-state index is 0.0462. The van der Waals surface area contributed by atoms with E-state index in [0.717, 1.165) is 19.2 Å². The van der Waals surface area contributed by atoms with Crippen LogP contribution in [0, 0.1) is 0 Å². The average molecular weight is 552 g/mol. The smallest absolute Gasteiger partial charge is 0.417 e. The van der Waals surface area contributed by atoms with E-state index < -0.39 is 11.7 Å².